The molecule has 4 rings (SSSR count). The van der Waals surface area contributed by atoms with Gasteiger partial charge in [0.2, 0.25) is 16.0 Å². The molecule has 4 aromatic rings. The van der Waals surface area contributed by atoms with Gasteiger partial charge in [-0.1, -0.05) is 13.0 Å². The molecule has 0 aliphatic carbocycles. The van der Waals surface area contributed by atoms with E-state index in [0.717, 1.165) is 18.1 Å². The van der Waals surface area contributed by atoms with E-state index in [1.54, 1.807) is 25.1 Å². The Bertz CT molecular complexity index is 1500. The Morgan fingerprint density at radius 2 is 1.77 bits per heavy atom. The van der Waals surface area contributed by atoms with Crippen LogP contribution >= 0.6 is 11.3 Å². The first-order valence-electron chi connectivity index (χ1n) is 11.8. The van der Waals surface area contributed by atoms with Crippen molar-refractivity contribution in [1.82, 2.24) is 29.7 Å². The highest BCUT2D eigenvalue weighted by molar-refractivity contribution is 7.93. The summed E-state index contributed by atoms with van der Waals surface area (Å²) in [6.07, 6.45) is 2.11. The first kappa shape index (κ1) is 28.3. The molecule has 15 heteroatoms. The van der Waals surface area contributed by atoms with Gasteiger partial charge in [0, 0.05) is 30.7 Å². The second-order valence-electron chi connectivity index (χ2n) is 8.50. The summed E-state index contributed by atoms with van der Waals surface area (Å²) in [5.41, 5.74) is 1.16. The minimum atomic E-state index is -4.16. The van der Waals surface area contributed by atoms with Gasteiger partial charge in [-0.25, -0.2) is 27.8 Å². The highest BCUT2D eigenvalue weighted by Gasteiger charge is 2.35. The maximum atomic E-state index is 13.9. The van der Waals surface area contributed by atoms with E-state index in [4.69, 9.17) is 14.2 Å². The lowest BCUT2D eigenvalue weighted by atomic mass is 10.0. The number of sulfonamides is 1. The number of hydrogen-bond acceptors (Lipinski definition) is 11. The van der Waals surface area contributed by atoms with Crippen LogP contribution in [0.4, 0.5) is 10.3 Å². The van der Waals surface area contributed by atoms with Crippen LogP contribution in [0.2, 0.25) is 0 Å². The third-order valence-electron chi connectivity index (χ3n) is 5.94. The number of benzene rings is 1. The van der Waals surface area contributed by atoms with Crippen molar-refractivity contribution < 1.29 is 27.0 Å². The van der Waals surface area contributed by atoms with Gasteiger partial charge in [0.05, 0.1) is 31.9 Å². The Morgan fingerprint density at radius 3 is 2.33 bits per heavy atom. The summed E-state index contributed by atoms with van der Waals surface area (Å²) in [5.74, 6) is -0.177. The van der Waals surface area contributed by atoms with Gasteiger partial charge in [0.25, 0.3) is 0 Å². The Balaban J connectivity index is 1.84. The van der Waals surface area contributed by atoms with Gasteiger partial charge < -0.3 is 14.2 Å². The Morgan fingerprint density at radius 1 is 1.10 bits per heavy atom. The number of para-hydroxylation sites is 1. The monoisotopic (exact) mass is 577 g/mol. The molecule has 0 amide bonds. The maximum Gasteiger partial charge on any atom is 0.243 e. The summed E-state index contributed by atoms with van der Waals surface area (Å²) >= 11 is 1.33. The van der Waals surface area contributed by atoms with E-state index in [1.165, 1.54) is 37.2 Å². The number of aryl methyl sites for hydroxylation is 1. The molecule has 2 atom stereocenters. The molecule has 0 radical (unpaired) electrons. The molecular weight excluding hydrogens is 549 g/mol. The van der Waals surface area contributed by atoms with E-state index < -0.39 is 27.0 Å². The van der Waals surface area contributed by atoms with Crippen molar-refractivity contribution in [2.75, 3.05) is 32.7 Å². The molecule has 208 valence electrons. The summed E-state index contributed by atoms with van der Waals surface area (Å²) in [7, 11) is 0.293. The lowest BCUT2D eigenvalue weighted by Crippen LogP contribution is -2.35. The number of thiazole rings is 1. The van der Waals surface area contributed by atoms with Crippen LogP contribution < -0.4 is 14.2 Å². The molecule has 3 heterocycles. The summed E-state index contributed by atoms with van der Waals surface area (Å²) in [5, 5.41) is 9.77. The lowest BCUT2D eigenvalue weighted by molar-refractivity contribution is 0.191. The number of hydrogen-bond donors (Lipinski definition) is 1. The number of halogens is 1. The molecule has 1 N–H and O–H groups in total. The van der Waals surface area contributed by atoms with Gasteiger partial charge in [0.15, 0.2) is 16.6 Å². The smallest absolute Gasteiger partial charge is 0.243 e. The van der Waals surface area contributed by atoms with Crippen LogP contribution in [-0.4, -0.2) is 71.3 Å². The molecule has 0 aliphatic rings. The molecule has 0 aliphatic heterocycles. The molecule has 0 fully saturated rings. The molecule has 0 saturated carbocycles. The number of nitrogens with one attached hydrogen (secondary N) is 1. The van der Waals surface area contributed by atoms with Crippen LogP contribution in [0.3, 0.4) is 0 Å². The maximum absolute atomic E-state index is 13.9. The zero-order valence-corrected chi connectivity index (χ0v) is 23.6. The molecule has 1 aromatic carbocycles. The Hall–Kier alpha value is -3.69. The van der Waals surface area contributed by atoms with Gasteiger partial charge in [-0.3, -0.25) is 9.29 Å². The van der Waals surface area contributed by atoms with Crippen LogP contribution in [-0.2, 0) is 14.8 Å². The number of rotatable bonds is 12. The van der Waals surface area contributed by atoms with E-state index in [-0.39, 0.29) is 30.6 Å². The van der Waals surface area contributed by atoms with Gasteiger partial charge in [-0.15, -0.1) is 21.5 Å². The summed E-state index contributed by atoms with van der Waals surface area (Å²) in [6, 6.07) is 5.17. The second-order valence-corrected chi connectivity index (χ2v) is 11.3. The van der Waals surface area contributed by atoms with Crippen LogP contribution in [0.5, 0.6) is 11.5 Å². The summed E-state index contributed by atoms with van der Waals surface area (Å²) < 4.78 is 61.6. The van der Waals surface area contributed by atoms with Crippen LogP contribution in [0.15, 0.2) is 36.0 Å². The third kappa shape index (κ3) is 5.99. The Labute approximate surface area is 229 Å². The van der Waals surface area contributed by atoms with Gasteiger partial charge in [0.1, 0.15) is 23.0 Å². The number of ether oxygens (including phenoxy) is 3. The molecule has 0 bridgehead atoms. The largest absolute Gasteiger partial charge is 0.494 e. The van der Waals surface area contributed by atoms with Crippen LogP contribution in [0, 0.1) is 12.7 Å². The van der Waals surface area contributed by atoms with E-state index in [9.17, 15) is 12.8 Å². The van der Waals surface area contributed by atoms with Gasteiger partial charge in [-0.05, 0) is 25.5 Å². The van der Waals surface area contributed by atoms with E-state index in [2.05, 4.69) is 29.9 Å². The fourth-order valence-corrected chi connectivity index (χ4v) is 6.42. The van der Waals surface area contributed by atoms with E-state index in [0.29, 0.717) is 22.2 Å². The number of methoxy groups -OCH3 is 3. The second kappa shape index (κ2) is 12.0. The van der Waals surface area contributed by atoms with Gasteiger partial charge >= 0.3 is 0 Å². The van der Waals surface area contributed by atoms with E-state index in [1.807, 2.05) is 12.3 Å². The molecule has 39 heavy (non-hydrogen) atoms. The zero-order chi connectivity index (χ0) is 28.2. The number of aromatic nitrogens is 6. The first-order chi connectivity index (χ1) is 18.7. The van der Waals surface area contributed by atoms with Crippen LogP contribution in [0.1, 0.15) is 30.8 Å². The normalized spacial score (nSPS) is 13.2. The molecular formula is C24H28FN7O5S2. The first-order valence-corrected chi connectivity index (χ1v) is 14.2. The zero-order valence-electron chi connectivity index (χ0n) is 22.0. The number of nitrogens with zero attached hydrogens (tertiary/aromatic N) is 6. The SMILES string of the molecule is COCC[C@H]([C@@H](C)c1ncc(F)cn1)S(=O)(=O)Nc1nnc(-c2nc(C)cs2)n1-c1c(OC)cccc1OC. The van der Waals surface area contributed by atoms with Crippen molar-refractivity contribution in [2.45, 2.75) is 31.4 Å². The quantitative estimate of drug-likeness (QED) is 0.265. The van der Waals surface area contributed by atoms with Crippen molar-refractivity contribution in [2.24, 2.45) is 0 Å². The van der Waals surface area contributed by atoms with Crippen molar-refractivity contribution >= 4 is 27.3 Å². The minimum absolute atomic E-state index is 0.102. The topological polar surface area (TPSA) is 143 Å². The summed E-state index contributed by atoms with van der Waals surface area (Å²) in [4.78, 5) is 12.5. The standard InChI is InChI=1S/C24H28FN7O5S2/c1-14-13-38-23(28-14)22-29-30-24(32(22)20-17(36-4)7-6-8-18(20)37-5)31-39(33,34)19(9-10-35-3)15(2)21-26-11-16(25)12-27-21/h6-8,11-13,15,19H,9-10H2,1-5H3,(H,30,31)/t15-,19-/m1/s1. The molecule has 0 unspecified atom stereocenters. The molecule has 3 aromatic heterocycles. The van der Waals surface area contributed by atoms with Gasteiger partial charge in [-0.2, -0.15) is 0 Å². The van der Waals surface area contributed by atoms with E-state index >= 15 is 0 Å². The Kier molecular flexibility index (Phi) is 8.72. The lowest BCUT2D eigenvalue weighted by Gasteiger charge is -2.24. The molecule has 0 saturated heterocycles. The predicted molar refractivity (Wildman–Crippen MR) is 144 cm³/mol. The fraction of sp³-hybridized carbons (Fsp3) is 0.375. The average molecular weight is 578 g/mol. The minimum Gasteiger partial charge on any atom is -0.494 e. The molecule has 0 spiro atoms. The van der Waals surface area contributed by atoms with Crippen molar-refractivity contribution in [3.05, 3.63) is 53.3 Å². The highest BCUT2D eigenvalue weighted by Crippen LogP contribution is 2.38. The van der Waals surface area contributed by atoms with Crippen molar-refractivity contribution in [1.29, 1.82) is 0 Å². The van der Waals surface area contributed by atoms with Crippen molar-refractivity contribution in [3.8, 4) is 28.0 Å². The van der Waals surface area contributed by atoms with Crippen LogP contribution in [0.25, 0.3) is 16.5 Å². The third-order valence-corrected chi connectivity index (χ3v) is 8.81. The van der Waals surface area contributed by atoms with Crippen molar-refractivity contribution in [3.63, 3.8) is 0 Å². The average Bonchev–Trinajstić information content (AvgIpc) is 3.53. The fourth-order valence-electron chi connectivity index (χ4n) is 4.04. The molecule has 12 nitrogen and oxygen atoms in total. The highest BCUT2D eigenvalue weighted by atomic mass is 32.2. The number of anilines is 1. The predicted octanol–water partition coefficient (Wildman–Crippen LogP) is 3.60. The summed E-state index contributed by atoms with van der Waals surface area (Å²) in [6.45, 7) is 3.64.